The standard InChI is InChI=1S/C14H19NO5S/c16-13-7-6-11(8-12(13)14(17)18)21(19,20)15-9-10-4-2-1-3-5-10/h6-8,10,15-16H,1-5,9H2,(H,17,18). The lowest BCUT2D eigenvalue weighted by Gasteiger charge is -2.21. The number of aromatic carboxylic acids is 1. The smallest absolute Gasteiger partial charge is 0.339 e. The average Bonchev–Trinajstić information content (AvgIpc) is 2.46. The maximum atomic E-state index is 12.2. The van der Waals surface area contributed by atoms with Gasteiger partial charge in [-0.25, -0.2) is 17.9 Å². The number of aromatic hydroxyl groups is 1. The van der Waals surface area contributed by atoms with Crippen molar-refractivity contribution in [1.82, 2.24) is 4.72 Å². The van der Waals surface area contributed by atoms with Gasteiger partial charge < -0.3 is 10.2 Å². The molecular weight excluding hydrogens is 294 g/mol. The third-order valence-corrected chi connectivity index (χ3v) is 5.22. The van der Waals surface area contributed by atoms with E-state index in [-0.39, 0.29) is 4.90 Å². The Bertz CT molecular complexity index is 620. The van der Waals surface area contributed by atoms with Crippen molar-refractivity contribution in [3.05, 3.63) is 23.8 Å². The number of hydrogen-bond donors (Lipinski definition) is 3. The lowest BCUT2D eigenvalue weighted by Crippen LogP contribution is -2.30. The molecule has 1 saturated carbocycles. The molecule has 0 amide bonds. The summed E-state index contributed by atoms with van der Waals surface area (Å²) in [6.45, 7) is 0.367. The largest absolute Gasteiger partial charge is 0.507 e. The normalized spacial score (nSPS) is 16.8. The van der Waals surface area contributed by atoms with Crippen molar-refractivity contribution in [3.63, 3.8) is 0 Å². The Morgan fingerprint density at radius 1 is 1.24 bits per heavy atom. The topological polar surface area (TPSA) is 104 Å². The molecule has 2 rings (SSSR count). The first-order valence-electron chi connectivity index (χ1n) is 6.96. The van der Waals surface area contributed by atoms with Crippen molar-refractivity contribution in [2.24, 2.45) is 5.92 Å². The molecule has 6 nitrogen and oxygen atoms in total. The van der Waals surface area contributed by atoms with Gasteiger partial charge in [0.2, 0.25) is 10.0 Å². The zero-order valence-electron chi connectivity index (χ0n) is 11.6. The second-order valence-corrected chi connectivity index (χ2v) is 7.11. The van der Waals surface area contributed by atoms with Crippen LogP contribution in [0.1, 0.15) is 42.5 Å². The lowest BCUT2D eigenvalue weighted by atomic mass is 9.90. The Morgan fingerprint density at radius 2 is 1.90 bits per heavy atom. The van der Waals surface area contributed by atoms with Gasteiger partial charge in [0.25, 0.3) is 0 Å². The Kier molecular flexibility index (Phi) is 4.84. The van der Waals surface area contributed by atoms with Crippen molar-refractivity contribution < 1.29 is 23.4 Å². The average molecular weight is 313 g/mol. The Morgan fingerprint density at radius 3 is 2.52 bits per heavy atom. The summed E-state index contributed by atoms with van der Waals surface area (Å²) < 4.78 is 26.9. The van der Waals surface area contributed by atoms with E-state index in [9.17, 15) is 18.3 Å². The first kappa shape index (κ1) is 15.8. The number of phenols is 1. The zero-order chi connectivity index (χ0) is 15.5. The summed E-state index contributed by atoms with van der Waals surface area (Å²) in [5.74, 6) is -1.48. The molecule has 0 unspecified atom stereocenters. The fourth-order valence-corrected chi connectivity index (χ4v) is 3.70. The van der Waals surface area contributed by atoms with Gasteiger partial charge in [-0.2, -0.15) is 0 Å². The molecule has 21 heavy (non-hydrogen) atoms. The van der Waals surface area contributed by atoms with E-state index in [2.05, 4.69) is 4.72 Å². The first-order valence-corrected chi connectivity index (χ1v) is 8.44. The maximum Gasteiger partial charge on any atom is 0.339 e. The summed E-state index contributed by atoms with van der Waals surface area (Å²) >= 11 is 0. The molecule has 0 saturated heterocycles. The molecule has 116 valence electrons. The number of carboxylic acid groups (broad SMARTS) is 1. The second kappa shape index (κ2) is 6.44. The number of carbonyl (C=O) groups is 1. The SMILES string of the molecule is O=C(O)c1cc(S(=O)(=O)NCC2CCCCC2)ccc1O. The van der Waals surface area contributed by atoms with E-state index >= 15 is 0 Å². The lowest BCUT2D eigenvalue weighted by molar-refractivity contribution is 0.0693. The van der Waals surface area contributed by atoms with Crippen molar-refractivity contribution in [2.45, 2.75) is 37.0 Å². The van der Waals surface area contributed by atoms with E-state index in [1.54, 1.807) is 0 Å². The number of nitrogens with one attached hydrogen (secondary N) is 1. The van der Waals surface area contributed by atoms with Gasteiger partial charge in [-0.3, -0.25) is 0 Å². The minimum atomic E-state index is -3.76. The Balaban J connectivity index is 2.11. The van der Waals surface area contributed by atoms with Gasteiger partial charge in [-0.15, -0.1) is 0 Å². The molecule has 1 aliphatic rings. The summed E-state index contributed by atoms with van der Waals surface area (Å²) in [7, 11) is -3.76. The van der Waals surface area contributed by atoms with Gasteiger partial charge in [0.15, 0.2) is 0 Å². The molecule has 0 spiro atoms. The van der Waals surface area contributed by atoms with Crippen LogP contribution in [0.15, 0.2) is 23.1 Å². The molecular formula is C14H19NO5S. The predicted octanol–water partition coefficient (Wildman–Crippen LogP) is 1.95. The highest BCUT2D eigenvalue weighted by molar-refractivity contribution is 7.89. The van der Waals surface area contributed by atoms with Gasteiger partial charge in [0.1, 0.15) is 11.3 Å². The zero-order valence-corrected chi connectivity index (χ0v) is 12.4. The number of sulfonamides is 1. The van der Waals surface area contributed by atoms with Gasteiger partial charge in [0.05, 0.1) is 4.90 Å². The van der Waals surface area contributed by atoms with E-state index in [0.29, 0.717) is 12.5 Å². The molecule has 0 atom stereocenters. The highest BCUT2D eigenvalue weighted by atomic mass is 32.2. The fraction of sp³-hybridized carbons (Fsp3) is 0.500. The van der Waals surface area contributed by atoms with Crippen molar-refractivity contribution in [2.75, 3.05) is 6.54 Å². The molecule has 7 heteroatoms. The van der Waals surface area contributed by atoms with Crippen LogP contribution >= 0.6 is 0 Å². The monoisotopic (exact) mass is 313 g/mol. The van der Waals surface area contributed by atoms with E-state index in [0.717, 1.165) is 37.8 Å². The minimum absolute atomic E-state index is 0.145. The van der Waals surface area contributed by atoms with Crippen LogP contribution in [0.2, 0.25) is 0 Å². The molecule has 0 bridgehead atoms. The van der Waals surface area contributed by atoms with Gasteiger partial charge in [-0.05, 0) is 37.0 Å². The molecule has 1 fully saturated rings. The third kappa shape index (κ3) is 3.95. The molecule has 1 aromatic carbocycles. The minimum Gasteiger partial charge on any atom is -0.507 e. The van der Waals surface area contributed by atoms with Crippen molar-refractivity contribution >= 4 is 16.0 Å². The highest BCUT2D eigenvalue weighted by Gasteiger charge is 2.21. The van der Waals surface area contributed by atoms with Crippen LogP contribution in [-0.4, -0.2) is 31.1 Å². The quantitative estimate of drug-likeness (QED) is 0.771. The molecule has 0 aliphatic heterocycles. The predicted molar refractivity (Wildman–Crippen MR) is 76.8 cm³/mol. The molecule has 0 heterocycles. The first-order chi connectivity index (χ1) is 9.90. The van der Waals surface area contributed by atoms with Crippen LogP contribution in [-0.2, 0) is 10.0 Å². The Labute approximate surface area is 123 Å². The Hall–Kier alpha value is -1.60. The van der Waals surface area contributed by atoms with Crippen molar-refractivity contribution in [1.29, 1.82) is 0 Å². The summed E-state index contributed by atoms with van der Waals surface area (Å²) in [6, 6.07) is 3.25. The van der Waals surface area contributed by atoms with Crippen molar-refractivity contribution in [3.8, 4) is 5.75 Å². The molecule has 0 aromatic heterocycles. The summed E-state index contributed by atoms with van der Waals surface area (Å²) in [6.07, 6.45) is 5.46. The molecule has 1 aliphatic carbocycles. The van der Waals surface area contributed by atoms with Gasteiger partial charge in [0, 0.05) is 6.54 Å². The number of rotatable bonds is 5. The van der Waals surface area contributed by atoms with Crippen LogP contribution in [0.3, 0.4) is 0 Å². The summed E-state index contributed by atoms with van der Waals surface area (Å²) in [4.78, 5) is 10.8. The maximum absolute atomic E-state index is 12.2. The van der Waals surface area contributed by atoms with E-state index in [4.69, 9.17) is 5.11 Å². The van der Waals surface area contributed by atoms with E-state index in [1.165, 1.54) is 12.5 Å². The van der Waals surface area contributed by atoms with Crippen LogP contribution in [0, 0.1) is 5.92 Å². The van der Waals surface area contributed by atoms with Crippen LogP contribution in [0.4, 0.5) is 0 Å². The number of carboxylic acids is 1. The van der Waals surface area contributed by atoms with Crippen LogP contribution in [0.25, 0.3) is 0 Å². The van der Waals surface area contributed by atoms with E-state index < -0.39 is 27.3 Å². The number of hydrogen-bond acceptors (Lipinski definition) is 4. The van der Waals surface area contributed by atoms with E-state index in [1.807, 2.05) is 0 Å². The highest BCUT2D eigenvalue weighted by Crippen LogP contribution is 2.24. The van der Waals surface area contributed by atoms with Gasteiger partial charge in [-0.1, -0.05) is 19.3 Å². The van der Waals surface area contributed by atoms with Crippen LogP contribution in [0.5, 0.6) is 5.75 Å². The summed E-state index contributed by atoms with van der Waals surface area (Å²) in [5.41, 5.74) is -0.421. The summed E-state index contributed by atoms with van der Waals surface area (Å²) in [5, 5.41) is 18.3. The van der Waals surface area contributed by atoms with Gasteiger partial charge >= 0.3 is 5.97 Å². The number of benzene rings is 1. The fourth-order valence-electron chi connectivity index (χ4n) is 2.56. The molecule has 1 aromatic rings. The van der Waals surface area contributed by atoms with Crippen LogP contribution < -0.4 is 4.72 Å². The molecule has 0 radical (unpaired) electrons. The molecule has 3 N–H and O–H groups in total. The third-order valence-electron chi connectivity index (χ3n) is 3.80. The second-order valence-electron chi connectivity index (χ2n) is 5.34.